The van der Waals surface area contributed by atoms with E-state index in [9.17, 15) is 0 Å². The van der Waals surface area contributed by atoms with Gasteiger partial charge in [0.2, 0.25) is 0 Å². The van der Waals surface area contributed by atoms with Gasteiger partial charge in [0.25, 0.3) is 0 Å². The van der Waals surface area contributed by atoms with Gasteiger partial charge in [-0.3, -0.25) is 0 Å². The number of hydrogen-bond acceptors (Lipinski definition) is 2. The Morgan fingerprint density at radius 1 is 1.20 bits per heavy atom. The molecular formula is C18H27NS. The van der Waals surface area contributed by atoms with Crippen molar-refractivity contribution in [3.05, 3.63) is 29.8 Å². The van der Waals surface area contributed by atoms with Gasteiger partial charge in [-0.05, 0) is 60.0 Å². The first-order valence-electron chi connectivity index (χ1n) is 7.82. The van der Waals surface area contributed by atoms with Crippen molar-refractivity contribution in [3.63, 3.8) is 0 Å². The van der Waals surface area contributed by atoms with Crippen LogP contribution >= 0.6 is 11.8 Å². The lowest BCUT2D eigenvalue weighted by molar-refractivity contribution is 0.108. The summed E-state index contributed by atoms with van der Waals surface area (Å²) in [5.74, 6) is 0.920. The van der Waals surface area contributed by atoms with E-state index in [1.807, 2.05) is 11.8 Å². The highest BCUT2D eigenvalue weighted by Gasteiger charge is 2.58. The van der Waals surface area contributed by atoms with Gasteiger partial charge in [0.05, 0.1) is 0 Å². The number of nitrogens with one attached hydrogen (secondary N) is 1. The van der Waals surface area contributed by atoms with Crippen LogP contribution in [0, 0.1) is 16.7 Å². The Morgan fingerprint density at radius 2 is 1.90 bits per heavy atom. The highest BCUT2D eigenvalue weighted by atomic mass is 32.2. The second-order valence-corrected chi connectivity index (χ2v) is 8.46. The maximum Gasteiger partial charge on any atom is 0.0208 e. The Hall–Kier alpha value is -0.470. The molecule has 1 nitrogen and oxygen atoms in total. The van der Waals surface area contributed by atoms with Crippen molar-refractivity contribution in [1.82, 2.24) is 5.32 Å². The molecule has 0 aliphatic heterocycles. The second kappa shape index (κ2) is 5.06. The number of benzene rings is 1. The van der Waals surface area contributed by atoms with Gasteiger partial charge < -0.3 is 5.32 Å². The molecule has 1 N–H and O–H groups in total. The predicted molar refractivity (Wildman–Crippen MR) is 88.1 cm³/mol. The number of thioether (sulfide) groups is 1. The summed E-state index contributed by atoms with van der Waals surface area (Å²) in [5.41, 5.74) is 2.38. The molecule has 2 fully saturated rings. The van der Waals surface area contributed by atoms with Gasteiger partial charge in [0, 0.05) is 17.5 Å². The molecule has 0 saturated heterocycles. The minimum absolute atomic E-state index is 0.451. The van der Waals surface area contributed by atoms with Crippen LogP contribution in [0.25, 0.3) is 0 Å². The number of rotatable bonds is 4. The van der Waals surface area contributed by atoms with E-state index in [-0.39, 0.29) is 0 Å². The van der Waals surface area contributed by atoms with Crippen LogP contribution in [0.2, 0.25) is 0 Å². The molecule has 2 bridgehead atoms. The molecule has 0 amide bonds. The van der Waals surface area contributed by atoms with Crippen LogP contribution in [0.1, 0.15) is 45.6 Å². The van der Waals surface area contributed by atoms with Crippen LogP contribution < -0.4 is 5.32 Å². The Balaban J connectivity index is 1.68. The fourth-order valence-corrected chi connectivity index (χ4v) is 5.18. The molecule has 0 aromatic heterocycles. The molecule has 2 aliphatic carbocycles. The number of hydrogen-bond donors (Lipinski definition) is 1. The van der Waals surface area contributed by atoms with Crippen molar-refractivity contribution in [2.75, 3.05) is 6.26 Å². The Morgan fingerprint density at radius 3 is 2.45 bits per heavy atom. The average Bonchev–Trinajstić information content (AvgIpc) is 2.90. The average molecular weight is 289 g/mol. The smallest absolute Gasteiger partial charge is 0.0208 e. The Labute approximate surface area is 127 Å². The molecule has 20 heavy (non-hydrogen) atoms. The molecule has 0 heterocycles. The van der Waals surface area contributed by atoms with E-state index in [0.717, 1.165) is 12.5 Å². The lowest BCUT2D eigenvalue weighted by atomic mass is 9.68. The topological polar surface area (TPSA) is 12.0 Å². The molecular weight excluding hydrogens is 262 g/mol. The first-order valence-corrected chi connectivity index (χ1v) is 9.04. The summed E-state index contributed by atoms with van der Waals surface area (Å²) in [7, 11) is 0. The minimum atomic E-state index is 0.451. The van der Waals surface area contributed by atoms with Gasteiger partial charge >= 0.3 is 0 Å². The summed E-state index contributed by atoms with van der Waals surface area (Å²) < 4.78 is 0. The second-order valence-electron chi connectivity index (χ2n) is 7.58. The SMILES string of the molecule is CSc1ccc(CNC2C3(C)CCC(C3)C2(C)C)cc1. The van der Waals surface area contributed by atoms with Crippen LogP contribution in [-0.2, 0) is 6.54 Å². The van der Waals surface area contributed by atoms with Crippen molar-refractivity contribution in [1.29, 1.82) is 0 Å². The van der Waals surface area contributed by atoms with Gasteiger partial charge in [0.1, 0.15) is 0 Å². The van der Waals surface area contributed by atoms with Crippen molar-refractivity contribution < 1.29 is 0 Å². The molecule has 2 aliphatic rings. The largest absolute Gasteiger partial charge is 0.309 e. The van der Waals surface area contributed by atoms with Crippen molar-refractivity contribution in [2.24, 2.45) is 16.7 Å². The molecule has 3 unspecified atom stereocenters. The van der Waals surface area contributed by atoms with Crippen LogP contribution in [-0.4, -0.2) is 12.3 Å². The third-order valence-corrected chi connectivity index (χ3v) is 6.68. The predicted octanol–water partition coefficient (Wildman–Crippen LogP) is 4.71. The van der Waals surface area contributed by atoms with Gasteiger partial charge in [0.15, 0.2) is 0 Å². The fourth-order valence-electron chi connectivity index (χ4n) is 4.77. The molecule has 3 rings (SSSR count). The molecule has 0 spiro atoms. The quantitative estimate of drug-likeness (QED) is 0.805. The summed E-state index contributed by atoms with van der Waals surface area (Å²) in [6.45, 7) is 8.44. The lowest BCUT2D eigenvalue weighted by Gasteiger charge is -2.43. The Kier molecular flexibility index (Phi) is 3.66. The van der Waals surface area contributed by atoms with Crippen LogP contribution in [0.15, 0.2) is 29.2 Å². The van der Waals surface area contributed by atoms with Gasteiger partial charge in [-0.2, -0.15) is 0 Å². The monoisotopic (exact) mass is 289 g/mol. The minimum Gasteiger partial charge on any atom is -0.309 e. The Bertz CT molecular complexity index is 474. The van der Waals surface area contributed by atoms with Crippen molar-refractivity contribution >= 4 is 11.8 Å². The third kappa shape index (κ3) is 2.31. The fraction of sp³-hybridized carbons (Fsp3) is 0.667. The standard InChI is InChI=1S/C18H27NS/c1-17(2)14-9-10-18(3,11-14)16(17)19-12-13-5-7-15(20-4)8-6-13/h5-8,14,16,19H,9-12H2,1-4H3. The maximum atomic E-state index is 3.89. The zero-order chi connectivity index (χ0) is 14.4. The van der Waals surface area contributed by atoms with Crippen molar-refractivity contribution in [2.45, 2.75) is 57.5 Å². The third-order valence-electron chi connectivity index (χ3n) is 5.94. The van der Waals surface area contributed by atoms with Gasteiger partial charge in [-0.1, -0.05) is 32.9 Å². The molecule has 1 aromatic rings. The lowest BCUT2D eigenvalue weighted by Crippen LogP contribution is -2.49. The van der Waals surface area contributed by atoms with Crippen LogP contribution in [0.5, 0.6) is 0 Å². The number of fused-ring (bicyclic) bond motifs is 2. The summed E-state index contributed by atoms with van der Waals surface area (Å²) in [4.78, 5) is 1.35. The van der Waals surface area contributed by atoms with E-state index in [4.69, 9.17) is 0 Å². The first-order chi connectivity index (χ1) is 9.45. The normalized spacial score (nSPS) is 34.6. The summed E-state index contributed by atoms with van der Waals surface area (Å²) in [5, 5.41) is 3.89. The molecule has 2 heteroatoms. The van der Waals surface area contributed by atoms with Crippen molar-refractivity contribution in [3.8, 4) is 0 Å². The molecule has 1 aromatic carbocycles. The summed E-state index contributed by atoms with van der Waals surface area (Å²) >= 11 is 1.81. The van der Waals surface area contributed by atoms with Crippen LogP contribution in [0.3, 0.4) is 0 Å². The zero-order valence-electron chi connectivity index (χ0n) is 13.2. The molecule has 110 valence electrons. The van der Waals surface area contributed by atoms with E-state index >= 15 is 0 Å². The summed E-state index contributed by atoms with van der Waals surface area (Å²) in [6.07, 6.45) is 6.39. The first kappa shape index (κ1) is 14.5. The van der Waals surface area contributed by atoms with Gasteiger partial charge in [-0.15, -0.1) is 11.8 Å². The van der Waals surface area contributed by atoms with E-state index in [1.54, 1.807) is 0 Å². The maximum absolute atomic E-state index is 3.89. The highest BCUT2D eigenvalue weighted by Crippen LogP contribution is 2.62. The zero-order valence-corrected chi connectivity index (χ0v) is 14.0. The molecule has 2 saturated carbocycles. The molecule has 0 radical (unpaired) electrons. The highest BCUT2D eigenvalue weighted by molar-refractivity contribution is 7.98. The summed E-state index contributed by atoms with van der Waals surface area (Å²) in [6, 6.07) is 9.65. The van der Waals surface area contributed by atoms with E-state index in [0.29, 0.717) is 16.9 Å². The van der Waals surface area contributed by atoms with Gasteiger partial charge in [-0.25, -0.2) is 0 Å². The molecule has 3 atom stereocenters. The van der Waals surface area contributed by atoms with E-state index < -0.39 is 0 Å². The van der Waals surface area contributed by atoms with E-state index in [1.165, 1.54) is 29.7 Å². The van der Waals surface area contributed by atoms with Crippen LogP contribution in [0.4, 0.5) is 0 Å². The van der Waals surface area contributed by atoms with E-state index in [2.05, 4.69) is 56.6 Å².